The van der Waals surface area contributed by atoms with Gasteiger partial charge < -0.3 is 5.32 Å². The molecule has 1 saturated carbocycles. The minimum atomic E-state index is -3.25. The number of hydrogen-bond acceptors (Lipinski definition) is 5. The Hall–Kier alpha value is -0.660. The molecule has 1 aromatic rings. The van der Waals surface area contributed by atoms with Gasteiger partial charge in [0.05, 0.1) is 11.4 Å². The number of unbranched alkanes of at least 4 members (excludes halogenated alkanes) is 1. The summed E-state index contributed by atoms with van der Waals surface area (Å²) in [5, 5.41) is 3.86. The third-order valence-electron chi connectivity index (χ3n) is 3.12. The molecule has 0 saturated heterocycles. The monoisotopic (exact) mass is 303 g/mol. The van der Waals surface area contributed by atoms with Gasteiger partial charge in [0, 0.05) is 10.9 Å². The van der Waals surface area contributed by atoms with E-state index in [1.165, 1.54) is 24.2 Å². The van der Waals surface area contributed by atoms with Crippen LogP contribution in [0.3, 0.4) is 0 Å². The van der Waals surface area contributed by atoms with Gasteiger partial charge in [-0.15, -0.1) is 11.3 Å². The molecule has 0 radical (unpaired) electrons. The Bertz CT molecular complexity index is 502. The maximum Gasteiger partial charge on any atom is 0.234 e. The summed E-state index contributed by atoms with van der Waals surface area (Å²) in [6.45, 7) is 4.73. The second-order valence-electron chi connectivity index (χ2n) is 5.02. The molecule has 0 amide bonds. The zero-order chi connectivity index (χ0) is 13.9. The number of aromatic nitrogens is 1. The fraction of sp³-hybridized carbons (Fsp3) is 0.750. The van der Waals surface area contributed by atoms with E-state index in [4.69, 9.17) is 0 Å². The van der Waals surface area contributed by atoms with E-state index in [1.807, 2.05) is 13.8 Å². The van der Waals surface area contributed by atoms with Crippen LogP contribution in [0, 0.1) is 13.8 Å². The quantitative estimate of drug-likeness (QED) is 0.721. The lowest BCUT2D eigenvalue weighted by Crippen LogP contribution is -2.20. The number of sulfonamides is 1. The van der Waals surface area contributed by atoms with Gasteiger partial charge in [-0.3, -0.25) is 4.72 Å². The Labute approximate surface area is 118 Å². The summed E-state index contributed by atoms with van der Waals surface area (Å²) in [7, 11) is -3.25. The predicted octanol–water partition coefficient (Wildman–Crippen LogP) is 2.03. The fourth-order valence-corrected chi connectivity index (χ4v) is 3.92. The molecular formula is C12H21N3O2S2. The average molecular weight is 303 g/mol. The molecule has 7 heteroatoms. The van der Waals surface area contributed by atoms with Crippen molar-refractivity contribution in [3.63, 3.8) is 0 Å². The van der Waals surface area contributed by atoms with Crippen LogP contribution in [-0.4, -0.2) is 31.7 Å². The third-order valence-corrected chi connectivity index (χ3v) is 5.57. The summed E-state index contributed by atoms with van der Waals surface area (Å²) in [4.78, 5) is 5.23. The van der Waals surface area contributed by atoms with E-state index in [0.717, 1.165) is 23.5 Å². The van der Waals surface area contributed by atoms with Gasteiger partial charge in [0.15, 0.2) is 5.13 Å². The Morgan fingerprint density at radius 1 is 1.32 bits per heavy atom. The van der Waals surface area contributed by atoms with E-state index in [2.05, 4.69) is 15.0 Å². The number of hydrogen-bond donors (Lipinski definition) is 2. The minimum absolute atomic E-state index is 0.164. The first kappa shape index (κ1) is 14.7. The minimum Gasteiger partial charge on any atom is -0.314 e. The SMILES string of the molecule is Cc1nc(NS(=O)(=O)CCCCNC2CC2)sc1C. The summed E-state index contributed by atoms with van der Waals surface area (Å²) in [6, 6.07) is 0.691. The third kappa shape index (κ3) is 5.08. The van der Waals surface area contributed by atoms with Crippen LogP contribution in [0.5, 0.6) is 0 Å². The molecule has 19 heavy (non-hydrogen) atoms. The van der Waals surface area contributed by atoms with E-state index in [1.54, 1.807) is 0 Å². The van der Waals surface area contributed by atoms with Gasteiger partial charge >= 0.3 is 0 Å². The smallest absolute Gasteiger partial charge is 0.234 e. The maximum atomic E-state index is 11.9. The van der Waals surface area contributed by atoms with Crippen molar-refractivity contribution >= 4 is 26.5 Å². The van der Waals surface area contributed by atoms with Gasteiger partial charge in [-0.25, -0.2) is 13.4 Å². The normalized spacial score (nSPS) is 15.7. The highest BCUT2D eigenvalue weighted by molar-refractivity contribution is 7.92. The van der Waals surface area contributed by atoms with Crippen LogP contribution < -0.4 is 10.0 Å². The van der Waals surface area contributed by atoms with E-state index >= 15 is 0 Å². The van der Waals surface area contributed by atoms with Gasteiger partial charge in [-0.05, 0) is 46.1 Å². The molecule has 108 valence electrons. The van der Waals surface area contributed by atoms with E-state index in [0.29, 0.717) is 17.6 Å². The zero-order valence-electron chi connectivity index (χ0n) is 11.4. The highest BCUT2D eigenvalue weighted by Crippen LogP contribution is 2.22. The topological polar surface area (TPSA) is 71.1 Å². The van der Waals surface area contributed by atoms with E-state index < -0.39 is 10.0 Å². The summed E-state index contributed by atoms with van der Waals surface area (Å²) in [5.74, 6) is 0.164. The van der Waals surface area contributed by atoms with Crippen molar-refractivity contribution < 1.29 is 8.42 Å². The molecular weight excluding hydrogens is 282 g/mol. The van der Waals surface area contributed by atoms with Gasteiger partial charge in [-0.2, -0.15) is 0 Å². The van der Waals surface area contributed by atoms with Gasteiger partial charge in [0.1, 0.15) is 0 Å². The second-order valence-corrected chi connectivity index (χ2v) is 8.06. The maximum absolute atomic E-state index is 11.9. The fourth-order valence-electron chi connectivity index (χ4n) is 1.71. The van der Waals surface area contributed by atoms with Crippen molar-refractivity contribution in [3.05, 3.63) is 10.6 Å². The van der Waals surface area contributed by atoms with Crippen LogP contribution >= 0.6 is 11.3 Å². The van der Waals surface area contributed by atoms with Crippen LogP contribution in [0.2, 0.25) is 0 Å². The van der Waals surface area contributed by atoms with E-state index in [-0.39, 0.29) is 5.75 Å². The molecule has 0 aromatic carbocycles. The van der Waals surface area contributed by atoms with Crippen molar-refractivity contribution in [1.82, 2.24) is 10.3 Å². The molecule has 0 bridgehead atoms. The molecule has 0 spiro atoms. The Morgan fingerprint density at radius 2 is 2.05 bits per heavy atom. The van der Waals surface area contributed by atoms with Crippen molar-refractivity contribution in [3.8, 4) is 0 Å². The van der Waals surface area contributed by atoms with Crippen molar-refractivity contribution in [2.45, 2.75) is 45.6 Å². The van der Waals surface area contributed by atoms with Crippen LogP contribution in [0.4, 0.5) is 5.13 Å². The molecule has 0 aliphatic heterocycles. The van der Waals surface area contributed by atoms with Gasteiger partial charge in [0.2, 0.25) is 10.0 Å². The van der Waals surface area contributed by atoms with Crippen molar-refractivity contribution in [1.29, 1.82) is 0 Å². The van der Waals surface area contributed by atoms with Gasteiger partial charge in [0.25, 0.3) is 0 Å². The Kier molecular flexibility index (Phi) is 4.81. The summed E-state index contributed by atoms with van der Waals surface area (Å²) < 4.78 is 26.3. The lowest BCUT2D eigenvalue weighted by atomic mass is 10.3. The Morgan fingerprint density at radius 3 is 2.63 bits per heavy atom. The lowest BCUT2D eigenvalue weighted by molar-refractivity contribution is 0.591. The number of rotatable bonds is 8. The largest absolute Gasteiger partial charge is 0.314 e. The zero-order valence-corrected chi connectivity index (χ0v) is 13.0. The first-order valence-electron chi connectivity index (χ1n) is 6.64. The number of anilines is 1. The number of nitrogens with zero attached hydrogens (tertiary/aromatic N) is 1. The van der Waals surface area contributed by atoms with Crippen LogP contribution in [0.15, 0.2) is 0 Å². The molecule has 1 aromatic heterocycles. The van der Waals surface area contributed by atoms with Gasteiger partial charge in [-0.1, -0.05) is 0 Å². The first-order chi connectivity index (χ1) is 8.96. The van der Waals surface area contributed by atoms with Crippen LogP contribution in [0.25, 0.3) is 0 Å². The average Bonchev–Trinajstić information content (AvgIpc) is 3.06. The summed E-state index contributed by atoms with van der Waals surface area (Å²) >= 11 is 1.38. The molecule has 1 heterocycles. The Balaban J connectivity index is 1.71. The molecule has 1 fully saturated rings. The molecule has 0 atom stereocenters. The lowest BCUT2D eigenvalue weighted by Gasteiger charge is -2.05. The molecule has 1 aliphatic carbocycles. The summed E-state index contributed by atoms with van der Waals surface area (Å²) in [5.41, 5.74) is 0.885. The standard InChI is InChI=1S/C12H21N3O2S2/c1-9-10(2)18-12(14-9)15-19(16,17)8-4-3-7-13-11-5-6-11/h11,13H,3-8H2,1-2H3,(H,14,15). The van der Waals surface area contributed by atoms with Crippen LogP contribution in [0.1, 0.15) is 36.3 Å². The molecule has 5 nitrogen and oxygen atoms in total. The number of nitrogens with one attached hydrogen (secondary N) is 2. The number of aryl methyl sites for hydroxylation is 2. The predicted molar refractivity (Wildman–Crippen MR) is 79.3 cm³/mol. The molecule has 0 unspecified atom stereocenters. The molecule has 2 rings (SSSR count). The van der Waals surface area contributed by atoms with Crippen LogP contribution in [-0.2, 0) is 10.0 Å². The summed E-state index contributed by atoms with van der Waals surface area (Å²) in [6.07, 6.45) is 4.11. The second kappa shape index (κ2) is 6.19. The highest BCUT2D eigenvalue weighted by atomic mass is 32.2. The molecule has 1 aliphatic rings. The van der Waals surface area contributed by atoms with Crippen molar-refractivity contribution in [2.24, 2.45) is 0 Å². The van der Waals surface area contributed by atoms with E-state index in [9.17, 15) is 8.42 Å². The van der Waals surface area contributed by atoms with Crippen molar-refractivity contribution in [2.75, 3.05) is 17.0 Å². The number of thiazole rings is 1. The highest BCUT2D eigenvalue weighted by Gasteiger charge is 2.19. The molecule has 2 N–H and O–H groups in total. The first-order valence-corrected chi connectivity index (χ1v) is 9.11.